The minimum absolute atomic E-state index is 0.465. The molecule has 0 aliphatic carbocycles. The Morgan fingerprint density at radius 3 is 2.63 bits per heavy atom. The molecule has 0 saturated heterocycles. The van der Waals surface area contributed by atoms with Gasteiger partial charge in [0.25, 0.3) is 0 Å². The Morgan fingerprint density at radius 2 is 1.84 bits per heavy atom. The molecule has 0 aliphatic rings. The van der Waals surface area contributed by atoms with Crippen LogP contribution in [0.3, 0.4) is 0 Å². The number of rotatable bonds is 2. The van der Waals surface area contributed by atoms with Gasteiger partial charge < -0.3 is 0 Å². The summed E-state index contributed by atoms with van der Waals surface area (Å²) in [7, 11) is 0. The number of fused-ring (bicyclic) bond motifs is 1. The van der Waals surface area contributed by atoms with Gasteiger partial charge in [-0.05, 0) is 23.8 Å². The Morgan fingerprint density at radius 1 is 1.05 bits per heavy atom. The van der Waals surface area contributed by atoms with Crippen molar-refractivity contribution in [2.24, 2.45) is 0 Å². The van der Waals surface area contributed by atoms with Crippen molar-refractivity contribution in [1.29, 1.82) is 0 Å². The molecule has 0 aliphatic heterocycles. The highest BCUT2D eigenvalue weighted by molar-refractivity contribution is 6.39. The number of hydrogen-bond acceptors (Lipinski definition) is 1. The van der Waals surface area contributed by atoms with Crippen molar-refractivity contribution in [3.8, 4) is 0 Å². The van der Waals surface area contributed by atoms with Crippen molar-refractivity contribution in [1.82, 2.24) is 4.98 Å². The van der Waals surface area contributed by atoms with Crippen LogP contribution < -0.4 is 0 Å². The van der Waals surface area contributed by atoms with E-state index in [-0.39, 0.29) is 0 Å². The summed E-state index contributed by atoms with van der Waals surface area (Å²) in [5.41, 5.74) is 2.82. The van der Waals surface area contributed by atoms with Gasteiger partial charge in [0.1, 0.15) is 5.15 Å². The van der Waals surface area contributed by atoms with E-state index in [1.807, 2.05) is 42.5 Å². The van der Waals surface area contributed by atoms with Gasteiger partial charge in [0.15, 0.2) is 0 Å². The van der Waals surface area contributed by atoms with Crippen LogP contribution in [0.15, 0.2) is 48.5 Å². The van der Waals surface area contributed by atoms with Gasteiger partial charge >= 0.3 is 0 Å². The summed E-state index contributed by atoms with van der Waals surface area (Å²) in [5.74, 6) is 0. The molecule has 0 spiro atoms. The van der Waals surface area contributed by atoms with Crippen LogP contribution >= 0.6 is 23.2 Å². The highest BCUT2D eigenvalue weighted by Crippen LogP contribution is 2.32. The van der Waals surface area contributed by atoms with Gasteiger partial charge in [0.05, 0.1) is 10.5 Å². The summed E-state index contributed by atoms with van der Waals surface area (Å²) in [6.07, 6.45) is 0.677. The third-order valence-corrected chi connectivity index (χ3v) is 3.78. The maximum absolute atomic E-state index is 6.45. The molecule has 0 unspecified atom stereocenters. The monoisotopic (exact) mass is 286 g/mol. The average molecular weight is 287 g/mol. The minimum Gasteiger partial charge on any atom is -0.236 e. The van der Waals surface area contributed by atoms with E-state index in [1.54, 1.807) is 6.07 Å². The summed E-state index contributed by atoms with van der Waals surface area (Å²) in [6, 6.07) is 18.6. The van der Waals surface area contributed by atoms with E-state index in [9.17, 15) is 0 Å². The second kappa shape index (κ2) is 5.20. The molecule has 93 valence electrons. The van der Waals surface area contributed by atoms with Crippen molar-refractivity contribution in [2.75, 3.05) is 0 Å². The molecule has 0 fully saturated rings. The first-order valence-corrected chi connectivity index (χ1v) is 6.69. The van der Waals surface area contributed by atoms with Gasteiger partial charge in [-0.15, -0.1) is 0 Å². The first kappa shape index (κ1) is 12.5. The molecule has 1 heterocycles. The molecule has 3 rings (SSSR count). The van der Waals surface area contributed by atoms with Crippen molar-refractivity contribution in [3.63, 3.8) is 0 Å². The van der Waals surface area contributed by atoms with Crippen molar-refractivity contribution >= 4 is 34.1 Å². The smallest absolute Gasteiger partial charge is 0.134 e. The summed E-state index contributed by atoms with van der Waals surface area (Å²) in [6.45, 7) is 0. The van der Waals surface area contributed by atoms with Gasteiger partial charge in [-0.3, -0.25) is 0 Å². The lowest BCUT2D eigenvalue weighted by atomic mass is 10.0. The normalized spacial score (nSPS) is 10.8. The Bertz CT molecular complexity index is 723. The number of aromatic nitrogens is 1. The van der Waals surface area contributed by atoms with Crippen LogP contribution in [0.1, 0.15) is 11.1 Å². The highest BCUT2D eigenvalue weighted by atomic mass is 35.5. The molecule has 19 heavy (non-hydrogen) atoms. The second-order valence-electron chi connectivity index (χ2n) is 4.30. The van der Waals surface area contributed by atoms with Crippen LogP contribution in [0.4, 0.5) is 0 Å². The second-order valence-corrected chi connectivity index (χ2v) is 5.04. The number of nitrogens with zero attached hydrogens (tertiary/aromatic N) is 1. The molecule has 0 amide bonds. The number of pyridine rings is 1. The van der Waals surface area contributed by atoms with E-state index in [0.29, 0.717) is 16.6 Å². The number of halogens is 2. The predicted molar refractivity (Wildman–Crippen MR) is 79.8 cm³/mol. The van der Waals surface area contributed by atoms with Crippen LogP contribution in [0.25, 0.3) is 10.9 Å². The predicted octanol–water partition coefficient (Wildman–Crippen LogP) is 4.93. The van der Waals surface area contributed by atoms with Gasteiger partial charge in [0.2, 0.25) is 0 Å². The van der Waals surface area contributed by atoms with E-state index in [0.717, 1.165) is 22.0 Å². The molecule has 3 aromatic rings. The highest BCUT2D eigenvalue weighted by Gasteiger charge is 2.12. The minimum atomic E-state index is 0.465. The maximum Gasteiger partial charge on any atom is 0.134 e. The SMILES string of the molecule is Clc1nc2cc[c]cc2c(Cl)c1Cc1ccccc1. The van der Waals surface area contributed by atoms with Crippen LogP contribution in [0.5, 0.6) is 0 Å². The zero-order valence-electron chi connectivity index (χ0n) is 10.0. The quantitative estimate of drug-likeness (QED) is 0.609. The lowest BCUT2D eigenvalue weighted by molar-refractivity contribution is 1.17. The largest absolute Gasteiger partial charge is 0.236 e. The first-order valence-electron chi connectivity index (χ1n) is 5.93. The first-order chi connectivity index (χ1) is 9.25. The Balaban J connectivity index is 2.13. The van der Waals surface area contributed by atoms with Gasteiger partial charge in [-0.25, -0.2) is 4.98 Å². The molecule has 2 aromatic carbocycles. The van der Waals surface area contributed by atoms with E-state index in [1.165, 1.54) is 0 Å². The molecule has 3 heteroatoms. The molecular weight excluding hydrogens is 277 g/mol. The standard InChI is InChI=1S/C16H10Cl2N/c17-15-12-8-4-5-9-14(12)19-16(18)13(15)10-11-6-2-1-3-7-11/h1-3,5-9H,10H2. The summed E-state index contributed by atoms with van der Waals surface area (Å²) >= 11 is 12.7. The molecule has 0 bridgehead atoms. The van der Waals surface area contributed by atoms with Crippen molar-refractivity contribution in [2.45, 2.75) is 6.42 Å². The van der Waals surface area contributed by atoms with E-state index in [2.05, 4.69) is 11.1 Å². The zero-order valence-corrected chi connectivity index (χ0v) is 11.5. The topological polar surface area (TPSA) is 12.9 Å². The molecule has 1 nitrogen and oxygen atoms in total. The lowest BCUT2D eigenvalue weighted by Crippen LogP contribution is -1.94. The molecule has 1 aromatic heterocycles. The fraction of sp³-hybridized carbons (Fsp3) is 0.0625. The van der Waals surface area contributed by atoms with E-state index in [4.69, 9.17) is 23.2 Å². The summed E-state index contributed by atoms with van der Waals surface area (Å²) in [4.78, 5) is 4.39. The Kier molecular flexibility index (Phi) is 3.41. The molecule has 0 atom stereocenters. The zero-order chi connectivity index (χ0) is 13.2. The summed E-state index contributed by atoms with van der Waals surface area (Å²) < 4.78 is 0. The van der Waals surface area contributed by atoms with Gasteiger partial charge in [-0.1, -0.05) is 59.6 Å². The van der Waals surface area contributed by atoms with Gasteiger partial charge in [0, 0.05) is 17.4 Å². The van der Waals surface area contributed by atoms with Crippen LogP contribution in [-0.2, 0) is 6.42 Å². The molecular formula is C16H10Cl2N. The molecule has 0 saturated carbocycles. The van der Waals surface area contributed by atoms with Crippen LogP contribution in [0, 0.1) is 6.07 Å². The molecule has 1 radical (unpaired) electrons. The number of benzene rings is 2. The lowest BCUT2D eigenvalue weighted by Gasteiger charge is -2.09. The van der Waals surface area contributed by atoms with Crippen molar-refractivity contribution in [3.05, 3.63) is 75.9 Å². The Hall–Kier alpha value is -1.57. The van der Waals surface area contributed by atoms with E-state index < -0.39 is 0 Å². The fourth-order valence-corrected chi connectivity index (χ4v) is 2.68. The average Bonchev–Trinajstić information content (AvgIpc) is 2.45. The van der Waals surface area contributed by atoms with Crippen molar-refractivity contribution < 1.29 is 0 Å². The number of hydrogen-bond donors (Lipinski definition) is 0. The maximum atomic E-state index is 6.45. The van der Waals surface area contributed by atoms with Crippen LogP contribution in [0.2, 0.25) is 10.2 Å². The molecule has 0 N–H and O–H groups in total. The Labute approximate surface area is 121 Å². The third kappa shape index (κ3) is 2.44. The third-order valence-electron chi connectivity index (χ3n) is 3.03. The van der Waals surface area contributed by atoms with E-state index >= 15 is 0 Å². The fourth-order valence-electron chi connectivity index (χ4n) is 2.07. The van der Waals surface area contributed by atoms with Crippen LogP contribution in [-0.4, -0.2) is 4.98 Å². The van der Waals surface area contributed by atoms with Gasteiger partial charge in [-0.2, -0.15) is 0 Å². The summed E-state index contributed by atoms with van der Waals surface area (Å²) in [5, 5.41) is 2.02.